The van der Waals surface area contributed by atoms with Crippen LogP contribution in [0.4, 0.5) is 0 Å². The molecule has 0 saturated carbocycles. The van der Waals surface area contributed by atoms with Gasteiger partial charge in [-0.2, -0.15) is 0 Å². The molecule has 3 nitrogen and oxygen atoms in total. The van der Waals surface area contributed by atoms with Gasteiger partial charge >= 0.3 is 0 Å². The van der Waals surface area contributed by atoms with Crippen molar-refractivity contribution in [2.75, 3.05) is 13.2 Å². The Hall–Kier alpha value is -0.163. The Morgan fingerprint density at radius 1 is 1.35 bits per heavy atom. The molecule has 2 unspecified atom stereocenters. The maximum Gasteiger partial charge on any atom is 0.192 e. The third-order valence-corrected chi connectivity index (χ3v) is 8.84. The molecule has 0 aromatic heterocycles. The van der Waals surface area contributed by atoms with Crippen molar-refractivity contribution in [2.45, 2.75) is 77.0 Å². The molecule has 1 saturated heterocycles. The molecule has 1 rings (SSSR count). The van der Waals surface area contributed by atoms with Gasteiger partial charge in [-0.3, -0.25) is 0 Å². The average Bonchev–Trinajstić information content (AvgIpc) is 2.36. The van der Waals surface area contributed by atoms with Crippen molar-refractivity contribution in [1.29, 1.82) is 0 Å². The van der Waals surface area contributed by atoms with Gasteiger partial charge in [-0.05, 0) is 43.8 Å². The highest BCUT2D eigenvalue weighted by Gasteiger charge is 2.39. The molecule has 0 aliphatic carbocycles. The first-order valence-corrected chi connectivity index (χ1v) is 10.7. The topological polar surface area (TPSA) is 27.7 Å². The minimum atomic E-state index is -1.76. The molecular formula is C16H32O3Si. The van der Waals surface area contributed by atoms with Gasteiger partial charge in [0.25, 0.3) is 0 Å². The van der Waals surface area contributed by atoms with E-state index in [1.54, 1.807) is 0 Å². The fraction of sp³-hybridized carbons (Fsp3) is 0.875. The van der Waals surface area contributed by atoms with Crippen molar-refractivity contribution < 1.29 is 13.9 Å². The van der Waals surface area contributed by atoms with E-state index in [1.807, 2.05) is 6.08 Å². The van der Waals surface area contributed by atoms with E-state index in [0.29, 0.717) is 6.61 Å². The maximum absolute atomic E-state index is 6.42. The lowest BCUT2D eigenvalue weighted by Crippen LogP contribution is -2.45. The Labute approximate surface area is 125 Å². The zero-order valence-electron chi connectivity index (χ0n) is 13.9. The van der Waals surface area contributed by atoms with Gasteiger partial charge in [-0.15, -0.1) is 6.58 Å². The highest BCUT2D eigenvalue weighted by atomic mass is 28.4. The van der Waals surface area contributed by atoms with E-state index in [0.717, 1.165) is 25.9 Å². The predicted octanol–water partition coefficient (Wildman–Crippen LogP) is 4.50. The minimum Gasteiger partial charge on any atom is -0.411 e. The summed E-state index contributed by atoms with van der Waals surface area (Å²) in [6, 6.07) is 0. The summed E-state index contributed by atoms with van der Waals surface area (Å²) in [4.78, 5) is 0. The Balaban J connectivity index is 2.49. The second-order valence-corrected chi connectivity index (χ2v) is 11.9. The molecule has 20 heavy (non-hydrogen) atoms. The number of ether oxygens (including phenoxy) is 2. The van der Waals surface area contributed by atoms with Crippen LogP contribution in [-0.2, 0) is 13.9 Å². The van der Waals surface area contributed by atoms with E-state index in [1.165, 1.54) is 6.42 Å². The Morgan fingerprint density at radius 3 is 2.55 bits per heavy atom. The molecular weight excluding hydrogens is 268 g/mol. The molecule has 1 aliphatic heterocycles. The first-order chi connectivity index (χ1) is 9.26. The van der Waals surface area contributed by atoms with E-state index in [-0.39, 0.29) is 17.4 Å². The van der Waals surface area contributed by atoms with Crippen LogP contribution in [-0.4, -0.2) is 33.9 Å². The lowest BCUT2D eigenvalue weighted by molar-refractivity contribution is -0.173. The normalized spacial score (nSPS) is 22.6. The minimum absolute atomic E-state index is 0.0425. The standard InChI is InChI=1S/C16H32O3Si/c1-7-10-14(19-20(5,6)16(2,3)4)13-18-15-11-8-9-12-17-15/h7,14-15H,1,8-13H2,2-6H3. The van der Waals surface area contributed by atoms with Crippen LogP contribution in [0.1, 0.15) is 46.5 Å². The van der Waals surface area contributed by atoms with Crippen molar-refractivity contribution in [3.8, 4) is 0 Å². The van der Waals surface area contributed by atoms with Crippen LogP contribution in [0.2, 0.25) is 18.1 Å². The third-order valence-electron chi connectivity index (χ3n) is 4.30. The van der Waals surface area contributed by atoms with Gasteiger partial charge in [0.15, 0.2) is 14.6 Å². The van der Waals surface area contributed by atoms with Gasteiger partial charge in [0.2, 0.25) is 0 Å². The lowest BCUT2D eigenvalue weighted by atomic mass is 10.2. The molecule has 0 bridgehead atoms. The zero-order chi connectivity index (χ0) is 15.2. The van der Waals surface area contributed by atoms with Crippen LogP contribution in [0.15, 0.2) is 12.7 Å². The zero-order valence-corrected chi connectivity index (χ0v) is 14.9. The summed E-state index contributed by atoms with van der Waals surface area (Å²) in [5.41, 5.74) is 0. The first-order valence-electron chi connectivity index (χ1n) is 7.78. The van der Waals surface area contributed by atoms with E-state index in [2.05, 4.69) is 40.4 Å². The van der Waals surface area contributed by atoms with Crippen LogP contribution in [0, 0.1) is 0 Å². The molecule has 0 amide bonds. The second kappa shape index (κ2) is 7.73. The molecule has 1 fully saturated rings. The van der Waals surface area contributed by atoms with Gasteiger partial charge in [-0.25, -0.2) is 0 Å². The van der Waals surface area contributed by atoms with Crippen molar-refractivity contribution in [3.63, 3.8) is 0 Å². The van der Waals surface area contributed by atoms with Gasteiger partial charge in [0, 0.05) is 6.61 Å². The quantitative estimate of drug-likeness (QED) is 0.512. The largest absolute Gasteiger partial charge is 0.411 e. The summed E-state index contributed by atoms with van der Waals surface area (Å²) in [5, 5.41) is 0.216. The van der Waals surface area contributed by atoms with Crippen molar-refractivity contribution >= 4 is 8.32 Å². The summed E-state index contributed by atoms with van der Waals surface area (Å²) in [5.74, 6) is 0. The lowest BCUT2D eigenvalue weighted by Gasteiger charge is -2.39. The second-order valence-electron chi connectivity index (χ2n) is 7.15. The molecule has 0 aromatic carbocycles. The first kappa shape index (κ1) is 17.9. The summed E-state index contributed by atoms with van der Waals surface area (Å²) < 4.78 is 17.9. The van der Waals surface area contributed by atoms with Crippen LogP contribution in [0.5, 0.6) is 0 Å². The maximum atomic E-state index is 6.42. The molecule has 2 atom stereocenters. The van der Waals surface area contributed by atoms with Gasteiger partial charge < -0.3 is 13.9 Å². The summed E-state index contributed by atoms with van der Waals surface area (Å²) in [6.07, 6.45) is 6.15. The van der Waals surface area contributed by atoms with Gasteiger partial charge in [0.05, 0.1) is 12.7 Å². The summed E-state index contributed by atoms with van der Waals surface area (Å²) in [6.45, 7) is 16.6. The van der Waals surface area contributed by atoms with E-state index >= 15 is 0 Å². The molecule has 4 heteroatoms. The monoisotopic (exact) mass is 300 g/mol. The molecule has 0 spiro atoms. The van der Waals surface area contributed by atoms with Crippen molar-refractivity contribution in [2.24, 2.45) is 0 Å². The third kappa shape index (κ3) is 5.68. The van der Waals surface area contributed by atoms with Crippen LogP contribution in [0.3, 0.4) is 0 Å². The van der Waals surface area contributed by atoms with E-state index in [9.17, 15) is 0 Å². The number of hydrogen-bond donors (Lipinski definition) is 0. The van der Waals surface area contributed by atoms with Crippen LogP contribution < -0.4 is 0 Å². The SMILES string of the molecule is C=CCC(COC1CCCCO1)O[Si](C)(C)C(C)(C)C. The van der Waals surface area contributed by atoms with Crippen LogP contribution in [0.25, 0.3) is 0 Å². The summed E-state index contributed by atoms with van der Waals surface area (Å²) in [7, 11) is -1.76. The molecule has 0 N–H and O–H groups in total. The highest BCUT2D eigenvalue weighted by molar-refractivity contribution is 6.74. The molecule has 0 aromatic rings. The van der Waals surface area contributed by atoms with Gasteiger partial charge in [0.1, 0.15) is 0 Å². The fourth-order valence-corrected chi connectivity index (χ4v) is 3.34. The van der Waals surface area contributed by atoms with E-state index in [4.69, 9.17) is 13.9 Å². The van der Waals surface area contributed by atoms with Crippen LogP contribution >= 0.6 is 0 Å². The molecule has 1 aliphatic rings. The highest BCUT2D eigenvalue weighted by Crippen LogP contribution is 2.37. The predicted molar refractivity (Wildman–Crippen MR) is 86.4 cm³/mol. The smallest absolute Gasteiger partial charge is 0.192 e. The summed E-state index contributed by atoms with van der Waals surface area (Å²) >= 11 is 0. The van der Waals surface area contributed by atoms with Crippen molar-refractivity contribution in [1.82, 2.24) is 0 Å². The Morgan fingerprint density at radius 2 is 2.05 bits per heavy atom. The number of rotatable bonds is 7. The van der Waals surface area contributed by atoms with E-state index < -0.39 is 8.32 Å². The molecule has 0 radical (unpaired) electrons. The fourth-order valence-electron chi connectivity index (χ4n) is 1.99. The molecule has 118 valence electrons. The number of hydrogen-bond acceptors (Lipinski definition) is 3. The average molecular weight is 301 g/mol. The van der Waals surface area contributed by atoms with Crippen molar-refractivity contribution in [3.05, 3.63) is 12.7 Å². The molecule has 1 heterocycles. The Bertz CT molecular complexity index is 291. The van der Waals surface area contributed by atoms with Gasteiger partial charge in [-0.1, -0.05) is 26.8 Å². The Kier molecular flexibility index (Phi) is 6.92.